The SMILES string of the molecule is O=C(CSc1nc2c(sc3ncccc32)c(=O)n1Cc1ccccc1)Nc1ccc(F)c(F)c1. The molecule has 0 bridgehead atoms. The second-order valence-electron chi connectivity index (χ2n) is 7.37. The Labute approximate surface area is 200 Å². The van der Waals surface area contributed by atoms with Crippen LogP contribution in [-0.4, -0.2) is 26.2 Å². The Hall–Kier alpha value is -3.63. The summed E-state index contributed by atoms with van der Waals surface area (Å²) in [5.74, 6) is -2.56. The van der Waals surface area contributed by atoms with Crippen molar-refractivity contribution >= 4 is 55.1 Å². The Morgan fingerprint density at radius 1 is 1.06 bits per heavy atom. The molecule has 0 unspecified atom stereocenters. The lowest BCUT2D eigenvalue weighted by Crippen LogP contribution is -2.24. The quantitative estimate of drug-likeness (QED) is 0.264. The highest BCUT2D eigenvalue weighted by atomic mass is 32.2. The predicted octanol–water partition coefficient (Wildman–Crippen LogP) is 5.06. The van der Waals surface area contributed by atoms with Gasteiger partial charge in [0.2, 0.25) is 5.91 Å². The molecule has 5 aromatic rings. The van der Waals surface area contributed by atoms with E-state index in [2.05, 4.69) is 10.3 Å². The number of carbonyl (C=O) groups excluding carboxylic acids is 1. The fraction of sp³-hybridized carbons (Fsp3) is 0.0833. The van der Waals surface area contributed by atoms with Gasteiger partial charge in [0.05, 0.1) is 17.8 Å². The largest absolute Gasteiger partial charge is 0.325 e. The average molecular weight is 495 g/mol. The summed E-state index contributed by atoms with van der Waals surface area (Å²) in [5, 5.41) is 3.69. The molecule has 0 fully saturated rings. The van der Waals surface area contributed by atoms with Crippen LogP contribution >= 0.6 is 23.1 Å². The first-order valence-corrected chi connectivity index (χ1v) is 12.0. The van der Waals surface area contributed by atoms with Crippen molar-refractivity contribution in [1.29, 1.82) is 0 Å². The molecular weight excluding hydrogens is 478 g/mol. The van der Waals surface area contributed by atoms with Crippen LogP contribution in [-0.2, 0) is 11.3 Å². The lowest BCUT2D eigenvalue weighted by Gasteiger charge is -2.12. The van der Waals surface area contributed by atoms with Crippen molar-refractivity contribution in [3.8, 4) is 0 Å². The lowest BCUT2D eigenvalue weighted by molar-refractivity contribution is -0.113. The highest BCUT2D eigenvalue weighted by molar-refractivity contribution is 7.99. The summed E-state index contributed by atoms with van der Waals surface area (Å²) in [4.78, 5) is 35.7. The molecule has 1 N–H and O–H groups in total. The molecule has 6 nitrogen and oxygen atoms in total. The number of halogens is 2. The number of pyridine rings is 1. The summed E-state index contributed by atoms with van der Waals surface area (Å²) < 4.78 is 28.6. The zero-order chi connectivity index (χ0) is 23.7. The van der Waals surface area contributed by atoms with Crippen LogP contribution in [0.5, 0.6) is 0 Å². The van der Waals surface area contributed by atoms with E-state index in [9.17, 15) is 18.4 Å². The molecule has 0 aliphatic carbocycles. The summed E-state index contributed by atoms with van der Waals surface area (Å²) >= 11 is 2.39. The van der Waals surface area contributed by atoms with Gasteiger partial charge in [-0.2, -0.15) is 0 Å². The molecule has 0 aliphatic rings. The van der Waals surface area contributed by atoms with Crippen LogP contribution in [0.3, 0.4) is 0 Å². The summed E-state index contributed by atoms with van der Waals surface area (Å²) in [6, 6.07) is 16.3. The van der Waals surface area contributed by atoms with E-state index >= 15 is 0 Å². The smallest absolute Gasteiger partial charge is 0.272 e. The molecule has 10 heteroatoms. The average Bonchev–Trinajstić information content (AvgIpc) is 3.22. The number of rotatable bonds is 6. The van der Waals surface area contributed by atoms with E-state index in [1.807, 2.05) is 36.4 Å². The number of amides is 1. The fourth-order valence-electron chi connectivity index (χ4n) is 3.46. The standard InChI is InChI=1S/C24H16F2N4O2S2/c25-17-9-8-15(11-18(17)26)28-19(31)13-33-24-29-20-16-7-4-10-27-22(16)34-21(20)23(32)30(24)12-14-5-2-1-3-6-14/h1-11H,12-13H2,(H,28,31). The number of fused-ring (bicyclic) bond motifs is 3. The van der Waals surface area contributed by atoms with Crippen LogP contribution in [0.1, 0.15) is 5.56 Å². The number of hydrogen-bond acceptors (Lipinski definition) is 6. The van der Waals surface area contributed by atoms with E-state index in [0.29, 0.717) is 20.2 Å². The number of thiophene rings is 1. The van der Waals surface area contributed by atoms with E-state index in [4.69, 9.17) is 4.98 Å². The van der Waals surface area contributed by atoms with Gasteiger partial charge in [0, 0.05) is 23.3 Å². The molecule has 2 aromatic carbocycles. The van der Waals surface area contributed by atoms with E-state index in [1.54, 1.807) is 16.8 Å². The number of aromatic nitrogens is 3. The van der Waals surface area contributed by atoms with E-state index in [-0.39, 0.29) is 23.5 Å². The van der Waals surface area contributed by atoms with Gasteiger partial charge in [-0.1, -0.05) is 42.1 Å². The first-order chi connectivity index (χ1) is 16.5. The molecule has 0 atom stereocenters. The highest BCUT2D eigenvalue weighted by Gasteiger charge is 2.18. The molecular formula is C24H16F2N4O2S2. The Kier molecular flexibility index (Phi) is 6.08. The van der Waals surface area contributed by atoms with Crippen LogP contribution in [0.15, 0.2) is 76.8 Å². The number of hydrogen-bond donors (Lipinski definition) is 1. The number of anilines is 1. The summed E-state index contributed by atoms with van der Waals surface area (Å²) in [6.07, 6.45) is 1.67. The first kappa shape index (κ1) is 22.2. The van der Waals surface area contributed by atoms with Crippen molar-refractivity contribution in [2.75, 3.05) is 11.1 Å². The van der Waals surface area contributed by atoms with Crippen LogP contribution in [0.2, 0.25) is 0 Å². The summed E-state index contributed by atoms with van der Waals surface area (Å²) in [6.45, 7) is 0.289. The van der Waals surface area contributed by atoms with Crippen molar-refractivity contribution in [1.82, 2.24) is 14.5 Å². The van der Waals surface area contributed by atoms with Gasteiger partial charge in [0.1, 0.15) is 9.53 Å². The van der Waals surface area contributed by atoms with E-state index in [1.165, 1.54) is 17.4 Å². The molecule has 0 spiro atoms. The maximum atomic E-state index is 13.4. The van der Waals surface area contributed by atoms with E-state index < -0.39 is 17.5 Å². The summed E-state index contributed by atoms with van der Waals surface area (Å²) in [7, 11) is 0. The molecule has 3 aromatic heterocycles. The first-order valence-electron chi connectivity index (χ1n) is 10.2. The Morgan fingerprint density at radius 3 is 2.68 bits per heavy atom. The van der Waals surface area contributed by atoms with Crippen LogP contribution in [0.25, 0.3) is 20.4 Å². The number of carbonyl (C=O) groups is 1. The van der Waals surface area contributed by atoms with Gasteiger partial charge in [-0.3, -0.25) is 14.2 Å². The van der Waals surface area contributed by atoms with Crippen LogP contribution in [0, 0.1) is 11.6 Å². The van der Waals surface area contributed by atoms with Gasteiger partial charge in [0.25, 0.3) is 5.56 Å². The molecule has 0 aliphatic heterocycles. The monoisotopic (exact) mass is 494 g/mol. The maximum Gasteiger partial charge on any atom is 0.272 e. The van der Waals surface area contributed by atoms with Crippen LogP contribution in [0.4, 0.5) is 14.5 Å². The molecule has 5 rings (SSSR count). The number of benzene rings is 2. The highest BCUT2D eigenvalue weighted by Crippen LogP contribution is 2.30. The number of nitrogens with one attached hydrogen (secondary N) is 1. The van der Waals surface area contributed by atoms with Crippen molar-refractivity contribution in [3.63, 3.8) is 0 Å². The minimum Gasteiger partial charge on any atom is -0.325 e. The van der Waals surface area contributed by atoms with Crippen molar-refractivity contribution in [3.05, 3.63) is 94.4 Å². The number of thioether (sulfide) groups is 1. The van der Waals surface area contributed by atoms with E-state index in [0.717, 1.165) is 34.8 Å². The van der Waals surface area contributed by atoms with Crippen LogP contribution < -0.4 is 10.9 Å². The second-order valence-corrected chi connectivity index (χ2v) is 9.31. The zero-order valence-electron chi connectivity index (χ0n) is 17.5. The molecule has 0 saturated heterocycles. The minimum absolute atomic E-state index is 0.0773. The lowest BCUT2D eigenvalue weighted by atomic mass is 10.2. The van der Waals surface area contributed by atoms with Gasteiger partial charge in [-0.15, -0.1) is 11.3 Å². The van der Waals surface area contributed by atoms with Gasteiger partial charge in [-0.25, -0.2) is 18.7 Å². The zero-order valence-corrected chi connectivity index (χ0v) is 19.1. The van der Waals surface area contributed by atoms with Crippen molar-refractivity contribution in [2.24, 2.45) is 0 Å². The molecule has 34 heavy (non-hydrogen) atoms. The Morgan fingerprint density at radius 2 is 1.88 bits per heavy atom. The van der Waals surface area contributed by atoms with Gasteiger partial charge in [0.15, 0.2) is 16.8 Å². The van der Waals surface area contributed by atoms with Crippen molar-refractivity contribution in [2.45, 2.75) is 11.7 Å². The van der Waals surface area contributed by atoms with Gasteiger partial charge in [-0.05, 0) is 29.8 Å². The third-order valence-electron chi connectivity index (χ3n) is 5.04. The normalized spacial score (nSPS) is 11.2. The van der Waals surface area contributed by atoms with Crippen molar-refractivity contribution < 1.29 is 13.6 Å². The third-order valence-corrected chi connectivity index (χ3v) is 7.10. The molecule has 1 amide bonds. The Balaban J connectivity index is 1.49. The third kappa shape index (κ3) is 4.42. The maximum absolute atomic E-state index is 13.4. The minimum atomic E-state index is -1.05. The fourth-order valence-corrected chi connectivity index (χ4v) is 5.28. The molecule has 170 valence electrons. The van der Waals surface area contributed by atoms with Gasteiger partial charge >= 0.3 is 0 Å². The molecule has 3 heterocycles. The topological polar surface area (TPSA) is 76.9 Å². The molecule has 0 radical (unpaired) electrons. The predicted molar refractivity (Wildman–Crippen MR) is 130 cm³/mol. The second kappa shape index (κ2) is 9.32. The van der Waals surface area contributed by atoms with Gasteiger partial charge < -0.3 is 5.32 Å². The number of nitrogens with zero attached hydrogens (tertiary/aromatic N) is 3. The summed E-state index contributed by atoms with van der Waals surface area (Å²) in [5.41, 5.74) is 1.40. The molecule has 0 saturated carbocycles. The Bertz CT molecular complexity index is 1590.